The van der Waals surface area contributed by atoms with Crippen molar-refractivity contribution in [2.24, 2.45) is 4.99 Å². The van der Waals surface area contributed by atoms with Gasteiger partial charge in [0.25, 0.3) is 0 Å². The third-order valence-electron chi connectivity index (χ3n) is 5.14. The van der Waals surface area contributed by atoms with Gasteiger partial charge in [0.15, 0.2) is 22.9 Å². The number of nitrogens with one attached hydrogen (secondary N) is 1. The molecule has 182 valence electrons. The molecule has 0 unspecified atom stereocenters. The van der Waals surface area contributed by atoms with Crippen LogP contribution in [0, 0.1) is 6.92 Å². The number of aromatic nitrogens is 1. The van der Waals surface area contributed by atoms with Crippen molar-refractivity contribution >= 4 is 41.2 Å². The largest absolute Gasteiger partial charge is 0.504 e. The Balaban J connectivity index is 1.67. The molecule has 4 rings (SSSR count). The van der Waals surface area contributed by atoms with Crippen LogP contribution in [0.5, 0.6) is 11.5 Å². The molecular weight excluding hydrogens is 450 g/mol. The first-order chi connectivity index (χ1) is 16.7. The number of hydrogen-bond acceptors (Lipinski definition) is 9. The molecule has 0 fully saturated rings. The number of aryl methyl sites for hydroxylation is 1. The Bertz CT molecular complexity index is 1320. The molecular formula is C26H27N3O6. The summed E-state index contributed by atoms with van der Waals surface area (Å²) in [5, 5.41) is 23.8. The number of anilines is 2. The van der Waals surface area contributed by atoms with Crippen molar-refractivity contribution in [3.8, 4) is 11.5 Å². The van der Waals surface area contributed by atoms with E-state index in [4.69, 9.17) is 13.9 Å². The van der Waals surface area contributed by atoms with Crippen LogP contribution in [0.2, 0.25) is 0 Å². The van der Waals surface area contributed by atoms with Crippen molar-refractivity contribution in [3.63, 3.8) is 0 Å². The summed E-state index contributed by atoms with van der Waals surface area (Å²) in [5.41, 5.74) is 1.83. The molecule has 9 nitrogen and oxygen atoms in total. The van der Waals surface area contributed by atoms with Crippen LogP contribution in [0.15, 0.2) is 45.9 Å². The van der Waals surface area contributed by atoms with E-state index in [0.29, 0.717) is 22.8 Å². The molecule has 0 bridgehead atoms. The molecule has 3 N–H and O–H groups in total. The summed E-state index contributed by atoms with van der Waals surface area (Å²) in [4.78, 5) is 21.1. The number of fused-ring (bicyclic) bond motifs is 1. The van der Waals surface area contributed by atoms with Crippen molar-refractivity contribution < 1.29 is 28.9 Å². The van der Waals surface area contributed by atoms with Crippen LogP contribution < -0.4 is 10.1 Å². The number of aromatic hydroxyl groups is 1. The smallest absolute Gasteiger partial charge is 0.347 e. The third-order valence-corrected chi connectivity index (χ3v) is 5.14. The number of carbonyl (C=O) groups is 1. The maximum Gasteiger partial charge on any atom is 0.347 e. The van der Waals surface area contributed by atoms with Crippen LogP contribution >= 0.6 is 0 Å². The number of carbonyl (C=O) groups excluding carboxylic acids is 1. The number of hydrogen-bond donors (Lipinski definition) is 3. The molecule has 9 heteroatoms. The fourth-order valence-corrected chi connectivity index (χ4v) is 3.45. The van der Waals surface area contributed by atoms with Gasteiger partial charge in [-0.15, -0.1) is 0 Å². The summed E-state index contributed by atoms with van der Waals surface area (Å²) >= 11 is 0. The summed E-state index contributed by atoms with van der Waals surface area (Å²) in [6, 6.07) is 8.93. The summed E-state index contributed by atoms with van der Waals surface area (Å²) < 4.78 is 16.7. The van der Waals surface area contributed by atoms with Gasteiger partial charge in [0, 0.05) is 29.2 Å². The molecule has 2 aromatic heterocycles. The molecule has 35 heavy (non-hydrogen) atoms. The second-order valence-electron chi connectivity index (χ2n) is 8.67. The molecule has 0 saturated heterocycles. The average Bonchev–Trinajstić information content (AvgIpc) is 3.35. The number of allylic oxidation sites excluding steroid dienone is 1. The zero-order valence-electron chi connectivity index (χ0n) is 20.0. The zero-order chi connectivity index (χ0) is 25.2. The molecule has 0 aliphatic carbocycles. The second-order valence-corrected chi connectivity index (χ2v) is 8.67. The highest BCUT2D eigenvalue weighted by molar-refractivity contribution is 6.21. The van der Waals surface area contributed by atoms with E-state index in [9.17, 15) is 15.0 Å². The quantitative estimate of drug-likeness (QED) is 0.386. The lowest BCUT2D eigenvalue weighted by molar-refractivity contribution is 0.0284. The molecule has 1 aromatic carbocycles. The summed E-state index contributed by atoms with van der Waals surface area (Å²) in [7, 11) is 0. The molecule has 0 spiro atoms. The van der Waals surface area contributed by atoms with Gasteiger partial charge in [0.05, 0.1) is 12.2 Å². The van der Waals surface area contributed by atoms with Crippen molar-refractivity contribution in [2.45, 2.75) is 33.3 Å². The Morgan fingerprint density at radius 3 is 2.80 bits per heavy atom. The lowest BCUT2D eigenvalue weighted by Crippen LogP contribution is -2.27. The van der Waals surface area contributed by atoms with Crippen LogP contribution in [0.1, 0.15) is 48.0 Å². The SMILES string of the molecule is CCOC(=O)c1c(Nc2ccc(OCC(C)(C)O)cc2C)oc(C=C2C=Nc3ncccc32)c1O. The fourth-order valence-electron chi connectivity index (χ4n) is 3.45. The first-order valence-corrected chi connectivity index (χ1v) is 11.1. The van der Waals surface area contributed by atoms with Crippen molar-refractivity contribution in [2.75, 3.05) is 18.5 Å². The van der Waals surface area contributed by atoms with E-state index in [0.717, 1.165) is 11.1 Å². The lowest BCUT2D eigenvalue weighted by atomic mass is 10.1. The molecule has 3 aromatic rings. The number of aliphatic hydroxyl groups is 1. The molecule has 0 radical (unpaired) electrons. The summed E-state index contributed by atoms with van der Waals surface area (Å²) in [6.45, 7) is 7.13. The Morgan fingerprint density at radius 1 is 1.29 bits per heavy atom. The number of pyridine rings is 1. The molecule has 0 atom stereocenters. The van der Waals surface area contributed by atoms with Gasteiger partial charge in [-0.25, -0.2) is 14.8 Å². The third kappa shape index (κ3) is 5.36. The summed E-state index contributed by atoms with van der Waals surface area (Å²) in [6.07, 6.45) is 4.86. The maximum absolute atomic E-state index is 12.7. The number of ether oxygens (including phenoxy) is 2. The van der Waals surface area contributed by atoms with E-state index in [2.05, 4.69) is 15.3 Å². The highest BCUT2D eigenvalue weighted by atomic mass is 16.5. The number of esters is 1. The Hall–Kier alpha value is -4.11. The van der Waals surface area contributed by atoms with Gasteiger partial charge >= 0.3 is 5.97 Å². The molecule has 1 aliphatic heterocycles. The number of rotatable bonds is 8. The number of furan rings is 1. The van der Waals surface area contributed by atoms with E-state index < -0.39 is 11.6 Å². The predicted molar refractivity (Wildman–Crippen MR) is 133 cm³/mol. The second kappa shape index (κ2) is 9.63. The van der Waals surface area contributed by atoms with Crippen LogP contribution in [-0.2, 0) is 4.74 Å². The first kappa shape index (κ1) is 24.0. The Morgan fingerprint density at radius 2 is 2.09 bits per heavy atom. The van der Waals surface area contributed by atoms with Gasteiger partial charge in [-0.3, -0.25) is 0 Å². The van der Waals surface area contributed by atoms with Gasteiger partial charge in [0.2, 0.25) is 5.88 Å². The minimum absolute atomic E-state index is 0.0439. The van der Waals surface area contributed by atoms with Gasteiger partial charge in [0.1, 0.15) is 12.4 Å². The average molecular weight is 478 g/mol. The maximum atomic E-state index is 12.7. The lowest BCUT2D eigenvalue weighted by Gasteiger charge is -2.18. The highest BCUT2D eigenvalue weighted by Gasteiger charge is 2.27. The summed E-state index contributed by atoms with van der Waals surface area (Å²) in [5.74, 6) is 0.217. The van der Waals surface area contributed by atoms with Gasteiger partial charge in [-0.05, 0) is 69.7 Å². The van der Waals surface area contributed by atoms with Crippen molar-refractivity contribution in [3.05, 3.63) is 59.0 Å². The minimum Gasteiger partial charge on any atom is -0.504 e. The normalized spacial score (nSPS) is 13.7. The Labute approximate surface area is 202 Å². The van der Waals surface area contributed by atoms with Crippen LogP contribution in [0.25, 0.3) is 11.6 Å². The van der Waals surface area contributed by atoms with Crippen LogP contribution in [-0.4, -0.2) is 46.2 Å². The molecule has 3 heterocycles. The molecule has 1 aliphatic rings. The van der Waals surface area contributed by atoms with E-state index in [1.807, 2.05) is 13.0 Å². The van der Waals surface area contributed by atoms with Crippen LogP contribution in [0.3, 0.4) is 0 Å². The number of benzene rings is 1. The zero-order valence-corrected chi connectivity index (χ0v) is 20.0. The fraction of sp³-hybridized carbons (Fsp3) is 0.269. The van der Waals surface area contributed by atoms with E-state index in [-0.39, 0.29) is 36.2 Å². The number of aliphatic imine (C=N–C) groups is 1. The minimum atomic E-state index is -0.962. The standard InChI is InChI=1S/C26H27N3O6/c1-5-33-25(31)21-22(30)20(12-16-13-28-23-18(16)7-6-10-27-23)35-24(21)29-19-9-8-17(11-15(19)2)34-14-26(3,4)32/h6-13,29-30,32H,5,14H2,1-4H3. The van der Waals surface area contributed by atoms with Crippen molar-refractivity contribution in [1.82, 2.24) is 4.98 Å². The monoisotopic (exact) mass is 477 g/mol. The number of nitrogens with zero attached hydrogens (tertiary/aromatic N) is 2. The van der Waals surface area contributed by atoms with Gasteiger partial charge in [-0.1, -0.05) is 0 Å². The van der Waals surface area contributed by atoms with E-state index in [1.54, 1.807) is 63.5 Å². The topological polar surface area (TPSA) is 126 Å². The van der Waals surface area contributed by atoms with Gasteiger partial charge in [-0.2, -0.15) is 0 Å². The molecule has 0 amide bonds. The highest BCUT2D eigenvalue weighted by Crippen LogP contribution is 2.40. The van der Waals surface area contributed by atoms with E-state index in [1.165, 1.54) is 0 Å². The van der Waals surface area contributed by atoms with Crippen molar-refractivity contribution in [1.29, 1.82) is 0 Å². The van der Waals surface area contributed by atoms with Gasteiger partial charge < -0.3 is 29.4 Å². The van der Waals surface area contributed by atoms with Crippen LogP contribution in [0.4, 0.5) is 17.4 Å². The van der Waals surface area contributed by atoms with E-state index >= 15 is 0 Å². The Kier molecular flexibility index (Phi) is 6.61. The first-order valence-electron chi connectivity index (χ1n) is 11.1. The predicted octanol–water partition coefficient (Wildman–Crippen LogP) is 5.02. The molecule has 0 saturated carbocycles.